The number of aromatic nitrogens is 2. The topological polar surface area (TPSA) is 25.8 Å². The van der Waals surface area contributed by atoms with Crippen LogP contribution in [0.15, 0.2) is 6.20 Å². The van der Waals surface area contributed by atoms with Crippen molar-refractivity contribution in [1.29, 1.82) is 0 Å². The van der Waals surface area contributed by atoms with Gasteiger partial charge in [-0.15, -0.1) is 0 Å². The summed E-state index contributed by atoms with van der Waals surface area (Å²) >= 11 is 5.10. The molecular weight excluding hydrogens is 181 g/mol. The van der Waals surface area contributed by atoms with Gasteiger partial charge in [-0.1, -0.05) is 11.6 Å². The van der Waals surface area contributed by atoms with E-state index in [1.54, 1.807) is 0 Å². The van der Waals surface area contributed by atoms with Gasteiger partial charge in [0, 0.05) is 0 Å². The highest BCUT2D eigenvalue weighted by atomic mass is 35.5. The van der Waals surface area contributed by atoms with E-state index in [0.29, 0.717) is 0 Å². The van der Waals surface area contributed by atoms with E-state index in [9.17, 15) is 13.2 Å². The summed E-state index contributed by atoms with van der Waals surface area (Å²) in [6.07, 6.45) is -1.64. The first kappa shape index (κ1) is 8.26. The molecule has 1 radical (unpaired) electrons. The maximum absolute atomic E-state index is 11.8. The van der Waals surface area contributed by atoms with Gasteiger partial charge in [0.2, 0.25) is 0 Å². The van der Waals surface area contributed by atoms with Crippen molar-refractivity contribution in [3.05, 3.63) is 23.2 Å². The molecule has 0 aliphatic rings. The van der Waals surface area contributed by atoms with Crippen LogP contribution in [0.3, 0.4) is 0 Å². The number of nitrogens with zero attached hydrogens (tertiary/aromatic N) is 2. The van der Waals surface area contributed by atoms with Gasteiger partial charge in [0.15, 0.2) is 10.8 Å². The van der Waals surface area contributed by atoms with Gasteiger partial charge in [0.05, 0.1) is 6.20 Å². The predicted molar refractivity (Wildman–Crippen MR) is 30.9 cm³/mol. The second kappa shape index (κ2) is 2.65. The Morgan fingerprint density at radius 3 is 2.45 bits per heavy atom. The number of hydrogen-bond acceptors (Lipinski definition) is 2. The van der Waals surface area contributed by atoms with Crippen molar-refractivity contribution >= 4 is 11.6 Å². The van der Waals surface area contributed by atoms with Gasteiger partial charge in [-0.05, 0) is 0 Å². The predicted octanol–water partition coefficient (Wildman–Crippen LogP) is 1.95. The standard InChI is InChI=1S/C5HClF3N2/c6-4-3(5(7,8)9)10-1-2-11-4/h2H. The van der Waals surface area contributed by atoms with E-state index in [2.05, 4.69) is 9.97 Å². The molecule has 1 heterocycles. The SMILES string of the molecule is FC(F)(F)c1n[c]cnc1Cl. The summed E-state index contributed by atoms with van der Waals surface area (Å²) in [5.41, 5.74) is -1.21. The molecule has 6 heteroatoms. The lowest BCUT2D eigenvalue weighted by molar-refractivity contribution is -0.141. The molecule has 0 aromatic carbocycles. The third-order valence-corrected chi connectivity index (χ3v) is 1.15. The van der Waals surface area contributed by atoms with E-state index < -0.39 is 17.0 Å². The highest BCUT2D eigenvalue weighted by Gasteiger charge is 2.35. The molecule has 0 aliphatic heterocycles. The summed E-state index contributed by atoms with van der Waals surface area (Å²) in [5.74, 6) is 0. The number of hydrogen-bond donors (Lipinski definition) is 0. The zero-order chi connectivity index (χ0) is 8.48. The third kappa shape index (κ3) is 1.80. The van der Waals surface area contributed by atoms with Crippen LogP contribution in [0.25, 0.3) is 0 Å². The lowest BCUT2D eigenvalue weighted by Crippen LogP contribution is -2.09. The first-order chi connectivity index (χ1) is 5.02. The molecule has 0 bridgehead atoms. The molecule has 0 aliphatic carbocycles. The molecule has 1 aromatic rings. The summed E-state index contributed by atoms with van der Waals surface area (Å²) in [4.78, 5) is 6.08. The Labute approximate surface area is 65.0 Å². The lowest BCUT2D eigenvalue weighted by Gasteiger charge is -2.04. The van der Waals surface area contributed by atoms with Gasteiger partial charge >= 0.3 is 6.18 Å². The van der Waals surface area contributed by atoms with Crippen molar-refractivity contribution in [2.45, 2.75) is 6.18 Å². The van der Waals surface area contributed by atoms with Gasteiger partial charge < -0.3 is 0 Å². The van der Waals surface area contributed by atoms with Crippen LogP contribution in [0.4, 0.5) is 13.2 Å². The third-order valence-electron chi connectivity index (χ3n) is 0.876. The lowest BCUT2D eigenvalue weighted by atomic mass is 10.4. The van der Waals surface area contributed by atoms with Crippen LogP contribution in [-0.4, -0.2) is 9.97 Å². The fourth-order valence-electron chi connectivity index (χ4n) is 0.467. The molecule has 0 fully saturated rings. The molecule has 0 saturated heterocycles. The molecule has 11 heavy (non-hydrogen) atoms. The number of halogens is 4. The fourth-order valence-corrected chi connectivity index (χ4v) is 0.665. The van der Waals surface area contributed by atoms with Gasteiger partial charge in [-0.2, -0.15) is 13.2 Å². The average molecular weight is 182 g/mol. The van der Waals surface area contributed by atoms with Crippen LogP contribution >= 0.6 is 11.6 Å². The van der Waals surface area contributed by atoms with Gasteiger partial charge in [0.1, 0.15) is 6.20 Å². The molecule has 0 spiro atoms. The molecule has 0 atom stereocenters. The number of alkyl halides is 3. The Bertz CT molecular complexity index is 260. The van der Waals surface area contributed by atoms with Crippen LogP contribution in [0.5, 0.6) is 0 Å². The van der Waals surface area contributed by atoms with E-state index in [0.717, 1.165) is 6.20 Å². The molecule has 59 valence electrons. The van der Waals surface area contributed by atoms with Crippen LogP contribution < -0.4 is 0 Å². The molecular formula is C5HClF3N2. The largest absolute Gasteiger partial charge is 0.436 e. The van der Waals surface area contributed by atoms with Crippen molar-refractivity contribution in [3.8, 4) is 0 Å². The van der Waals surface area contributed by atoms with Crippen molar-refractivity contribution in [2.75, 3.05) is 0 Å². The highest BCUT2D eigenvalue weighted by Crippen LogP contribution is 2.30. The smallest absolute Gasteiger partial charge is 0.240 e. The van der Waals surface area contributed by atoms with Gasteiger partial charge in [-0.3, -0.25) is 0 Å². The Morgan fingerprint density at radius 1 is 1.45 bits per heavy atom. The molecule has 1 aromatic heterocycles. The van der Waals surface area contributed by atoms with Crippen LogP contribution in [0, 0.1) is 6.20 Å². The minimum Gasteiger partial charge on any atom is -0.240 e. The molecule has 2 nitrogen and oxygen atoms in total. The zero-order valence-corrected chi connectivity index (χ0v) is 5.74. The Morgan fingerprint density at radius 2 is 2.09 bits per heavy atom. The van der Waals surface area contributed by atoms with E-state index in [-0.39, 0.29) is 0 Å². The summed E-state index contributed by atoms with van der Waals surface area (Å²) < 4.78 is 35.5. The Balaban J connectivity index is 3.14. The van der Waals surface area contributed by atoms with E-state index in [1.807, 2.05) is 6.20 Å². The minimum atomic E-state index is -4.55. The van der Waals surface area contributed by atoms with E-state index in [1.165, 1.54) is 0 Å². The average Bonchev–Trinajstić information content (AvgIpc) is 1.86. The summed E-state index contributed by atoms with van der Waals surface area (Å²) in [6.45, 7) is 0. The Kier molecular flexibility index (Phi) is 1.99. The fraction of sp³-hybridized carbons (Fsp3) is 0.200. The van der Waals surface area contributed by atoms with Crippen molar-refractivity contribution in [1.82, 2.24) is 9.97 Å². The van der Waals surface area contributed by atoms with Crippen LogP contribution in [0.2, 0.25) is 5.15 Å². The first-order valence-corrected chi connectivity index (χ1v) is 2.85. The zero-order valence-electron chi connectivity index (χ0n) is 4.98. The Hall–Kier alpha value is -0.840. The van der Waals surface area contributed by atoms with Crippen molar-refractivity contribution in [2.24, 2.45) is 0 Å². The first-order valence-electron chi connectivity index (χ1n) is 2.47. The van der Waals surface area contributed by atoms with Crippen LogP contribution in [-0.2, 0) is 6.18 Å². The second-order valence-electron chi connectivity index (χ2n) is 1.64. The summed E-state index contributed by atoms with van der Waals surface area (Å²) in [7, 11) is 0. The summed E-state index contributed by atoms with van der Waals surface area (Å²) in [5, 5.41) is -0.656. The second-order valence-corrected chi connectivity index (χ2v) is 1.99. The maximum atomic E-state index is 11.8. The summed E-state index contributed by atoms with van der Waals surface area (Å²) in [6, 6.07) is 0. The van der Waals surface area contributed by atoms with E-state index >= 15 is 0 Å². The van der Waals surface area contributed by atoms with Crippen LogP contribution in [0.1, 0.15) is 5.69 Å². The highest BCUT2D eigenvalue weighted by molar-refractivity contribution is 6.30. The quantitative estimate of drug-likeness (QED) is 0.611. The monoisotopic (exact) mass is 181 g/mol. The molecule has 1 rings (SSSR count). The van der Waals surface area contributed by atoms with Crippen molar-refractivity contribution in [3.63, 3.8) is 0 Å². The normalized spacial score (nSPS) is 11.6. The molecule has 0 N–H and O–H groups in total. The molecule has 0 saturated carbocycles. The van der Waals surface area contributed by atoms with Gasteiger partial charge in [-0.25, -0.2) is 9.97 Å². The maximum Gasteiger partial charge on any atom is 0.436 e. The molecule has 0 unspecified atom stereocenters. The molecule has 0 amide bonds. The van der Waals surface area contributed by atoms with Gasteiger partial charge in [0.25, 0.3) is 0 Å². The minimum absolute atomic E-state index is 0.656. The van der Waals surface area contributed by atoms with Crippen molar-refractivity contribution < 1.29 is 13.2 Å². The van der Waals surface area contributed by atoms with E-state index in [4.69, 9.17) is 11.6 Å². The number of rotatable bonds is 0.